The van der Waals surface area contributed by atoms with Gasteiger partial charge < -0.3 is 5.32 Å². The molecule has 0 amide bonds. The van der Waals surface area contributed by atoms with Gasteiger partial charge in [-0.25, -0.2) is 0 Å². The van der Waals surface area contributed by atoms with Crippen LogP contribution in [0.15, 0.2) is 66.1 Å². The first-order valence-corrected chi connectivity index (χ1v) is 8.04. The summed E-state index contributed by atoms with van der Waals surface area (Å²) in [6.45, 7) is 3.80. The monoisotopic (exact) mass is 281 g/mol. The van der Waals surface area contributed by atoms with E-state index in [1.54, 1.807) is 0 Å². The second kappa shape index (κ2) is 6.19. The summed E-state index contributed by atoms with van der Waals surface area (Å²) in [5, 5.41) is 3.72. The molecule has 2 heteroatoms. The molecule has 0 fully saturated rings. The summed E-state index contributed by atoms with van der Waals surface area (Å²) in [6.07, 6.45) is 4.31. The number of hydrogen-bond donors (Lipinski definition) is 1. The number of hydrogen-bond acceptors (Lipinski definition) is 2. The van der Waals surface area contributed by atoms with Crippen LogP contribution in [0.2, 0.25) is 0 Å². The van der Waals surface area contributed by atoms with Crippen molar-refractivity contribution in [1.29, 1.82) is 0 Å². The van der Waals surface area contributed by atoms with Crippen molar-refractivity contribution in [3.05, 3.63) is 72.3 Å². The number of aryl methyl sites for hydroxylation is 1. The molecule has 0 bridgehead atoms. The Morgan fingerprint density at radius 3 is 2.85 bits per heavy atom. The summed E-state index contributed by atoms with van der Waals surface area (Å²) in [5.41, 5.74) is 4.18. The highest BCUT2D eigenvalue weighted by atomic mass is 32.2. The predicted molar refractivity (Wildman–Crippen MR) is 88.5 cm³/mol. The van der Waals surface area contributed by atoms with Crippen LogP contribution >= 0.6 is 11.8 Å². The van der Waals surface area contributed by atoms with E-state index < -0.39 is 0 Å². The van der Waals surface area contributed by atoms with Gasteiger partial charge in [0.1, 0.15) is 0 Å². The van der Waals surface area contributed by atoms with E-state index in [4.69, 9.17) is 0 Å². The first kappa shape index (κ1) is 13.3. The fourth-order valence-electron chi connectivity index (χ4n) is 2.76. The second-order valence-corrected chi connectivity index (χ2v) is 6.09. The van der Waals surface area contributed by atoms with Gasteiger partial charge in [0.05, 0.1) is 6.04 Å². The van der Waals surface area contributed by atoms with Crippen LogP contribution in [0.5, 0.6) is 0 Å². The van der Waals surface area contributed by atoms with Crippen LogP contribution in [0.1, 0.15) is 23.6 Å². The van der Waals surface area contributed by atoms with Gasteiger partial charge >= 0.3 is 0 Å². The van der Waals surface area contributed by atoms with E-state index >= 15 is 0 Å². The Bertz CT molecular complexity index is 606. The van der Waals surface area contributed by atoms with Crippen LogP contribution in [-0.2, 0) is 6.42 Å². The third kappa shape index (κ3) is 2.75. The SMILES string of the molecule is C=CCSc1ccccc1NC1CCc2ccccc21. The smallest absolute Gasteiger partial charge is 0.0520 e. The Morgan fingerprint density at radius 1 is 1.15 bits per heavy atom. The van der Waals surface area contributed by atoms with Gasteiger partial charge in [-0.15, -0.1) is 18.3 Å². The molecule has 1 unspecified atom stereocenters. The zero-order valence-electron chi connectivity index (χ0n) is 11.5. The average Bonchev–Trinajstić information content (AvgIpc) is 2.90. The normalized spacial score (nSPS) is 16.7. The molecule has 0 aromatic heterocycles. The van der Waals surface area contributed by atoms with Crippen molar-refractivity contribution in [3.8, 4) is 0 Å². The molecule has 0 saturated heterocycles. The van der Waals surface area contributed by atoms with E-state index in [0.717, 1.165) is 5.75 Å². The Balaban J connectivity index is 1.80. The number of benzene rings is 2. The van der Waals surface area contributed by atoms with Crippen molar-refractivity contribution < 1.29 is 0 Å². The molecule has 0 aliphatic heterocycles. The molecular formula is C18H19NS. The summed E-state index contributed by atoms with van der Waals surface area (Å²) < 4.78 is 0. The summed E-state index contributed by atoms with van der Waals surface area (Å²) in [4.78, 5) is 1.30. The van der Waals surface area contributed by atoms with Crippen molar-refractivity contribution in [1.82, 2.24) is 0 Å². The van der Waals surface area contributed by atoms with Gasteiger partial charge in [0.25, 0.3) is 0 Å². The van der Waals surface area contributed by atoms with Crippen molar-refractivity contribution >= 4 is 17.4 Å². The Labute approximate surface area is 125 Å². The number of para-hydroxylation sites is 1. The highest BCUT2D eigenvalue weighted by Gasteiger charge is 2.22. The quantitative estimate of drug-likeness (QED) is 0.607. The topological polar surface area (TPSA) is 12.0 Å². The number of anilines is 1. The third-order valence-corrected chi connectivity index (χ3v) is 4.78. The van der Waals surface area contributed by atoms with Crippen LogP contribution in [0.3, 0.4) is 0 Å². The Kier molecular flexibility index (Phi) is 4.12. The van der Waals surface area contributed by atoms with E-state index in [-0.39, 0.29) is 0 Å². The largest absolute Gasteiger partial charge is 0.377 e. The molecule has 0 spiro atoms. The van der Waals surface area contributed by atoms with E-state index in [2.05, 4.69) is 60.4 Å². The van der Waals surface area contributed by atoms with Gasteiger partial charge in [0, 0.05) is 16.3 Å². The molecule has 3 rings (SSSR count). The third-order valence-electron chi connectivity index (χ3n) is 3.71. The van der Waals surface area contributed by atoms with Crippen LogP contribution in [0.4, 0.5) is 5.69 Å². The zero-order valence-corrected chi connectivity index (χ0v) is 12.3. The molecule has 102 valence electrons. The Morgan fingerprint density at radius 2 is 1.95 bits per heavy atom. The van der Waals surface area contributed by atoms with Gasteiger partial charge in [0.2, 0.25) is 0 Å². The van der Waals surface area contributed by atoms with Crippen LogP contribution in [0.25, 0.3) is 0 Å². The number of nitrogens with one attached hydrogen (secondary N) is 1. The van der Waals surface area contributed by atoms with Gasteiger partial charge in [-0.2, -0.15) is 0 Å². The maximum atomic E-state index is 3.80. The van der Waals surface area contributed by atoms with E-state index in [1.807, 2.05) is 17.8 Å². The minimum atomic E-state index is 0.441. The summed E-state index contributed by atoms with van der Waals surface area (Å²) in [6, 6.07) is 17.8. The molecule has 2 aromatic rings. The van der Waals surface area contributed by atoms with Crippen LogP contribution in [-0.4, -0.2) is 5.75 Å². The minimum absolute atomic E-state index is 0.441. The van der Waals surface area contributed by atoms with Crippen molar-refractivity contribution in [2.45, 2.75) is 23.8 Å². The molecular weight excluding hydrogens is 262 g/mol. The lowest BCUT2D eigenvalue weighted by molar-refractivity contribution is 0.759. The molecule has 0 saturated carbocycles. The molecule has 2 aromatic carbocycles. The highest BCUT2D eigenvalue weighted by Crippen LogP contribution is 2.36. The molecule has 0 radical (unpaired) electrons. The highest BCUT2D eigenvalue weighted by molar-refractivity contribution is 7.99. The number of rotatable bonds is 5. The van der Waals surface area contributed by atoms with Gasteiger partial charge in [0.15, 0.2) is 0 Å². The zero-order chi connectivity index (χ0) is 13.8. The van der Waals surface area contributed by atoms with E-state index in [0.29, 0.717) is 6.04 Å². The van der Waals surface area contributed by atoms with Gasteiger partial charge in [-0.1, -0.05) is 42.5 Å². The average molecular weight is 281 g/mol. The molecule has 1 nitrogen and oxygen atoms in total. The first-order valence-electron chi connectivity index (χ1n) is 7.05. The van der Waals surface area contributed by atoms with Crippen molar-refractivity contribution in [3.63, 3.8) is 0 Å². The minimum Gasteiger partial charge on any atom is -0.377 e. The van der Waals surface area contributed by atoms with Crippen LogP contribution < -0.4 is 5.32 Å². The standard InChI is InChI=1S/C18H19NS/c1-2-13-20-18-10-6-5-9-17(18)19-16-12-11-14-7-3-4-8-15(14)16/h2-10,16,19H,1,11-13H2. The maximum Gasteiger partial charge on any atom is 0.0520 e. The number of fused-ring (bicyclic) bond motifs is 1. The molecule has 0 heterocycles. The lowest BCUT2D eigenvalue weighted by Gasteiger charge is -2.18. The molecule has 1 atom stereocenters. The predicted octanol–water partition coefficient (Wildman–Crippen LogP) is 5.06. The van der Waals surface area contributed by atoms with Crippen molar-refractivity contribution in [2.24, 2.45) is 0 Å². The Hall–Kier alpha value is -1.67. The molecule has 1 aliphatic rings. The second-order valence-electron chi connectivity index (χ2n) is 5.03. The van der Waals surface area contributed by atoms with Gasteiger partial charge in [-0.3, -0.25) is 0 Å². The summed E-state index contributed by atoms with van der Waals surface area (Å²) in [5.74, 6) is 0.944. The van der Waals surface area contributed by atoms with Crippen LogP contribution in [0, 0.1) is 0 Å². The van der Waals surface area contributed by atoms with E-state index in [9.17, 15) is 0 Å². The molecule has 1 aliphatic carbocycles. The fourth-order valence-corrected chi connectivity index (χ4v) is 3.51. The molecule has 20 heavy (non-hydrogen) atoms. The molecule has 1 N–H and O–H groups in total. The summed E-state index contributed by atoms with van der Waals surface area (Å²) >= 11 is 1.83. The van der Waals surface area contributed by atoms with E-state index in [1.165, 1.54) is 34.6 Å². The lowest BCUT2D eigenvalue weighted by atomic mass is 10.1. The fraction of sp³-hybridized carbons (Fsp3) is 0.222. The maximum absolute atomic E-state index is 3.80. The number of thioether (sulfide) groups is 1. The van der Waals surface area contributed by atoms with Gasteiger partial charge in [-0.05, 0) is 36.1 Å². The summed E-state index contributed by atoms with van der Waals surface area (Å²) in [7, 11) is 0. The van der Waals surface area contributed by atoms with Crippen molar-refractivity contribution in [2.75, 3.05) is 11.1 Å². The lowest BCUT2D eigenvalue weighted by Crippen LogP contribution is -2.07. The first-order chi connectivity index (χ1) is 9.88.